The molecule has 0 radical (unpaired) electrons. The first-order valence-electron chi connectivity index (χ1n) is 8.43. The van der Waals surface area contributed by atoms with Crippen LogP contribution in [0, 0.1) is 5.41 Å². The van der Waals surface area contributed by atoms with Crippen LogP contribution in [0.3, 0.4) is 0 Å². The number of fused-ring (bicyclic) bond motifs is 1. The fourth-order valence-corrected chi connectivity index (χ4v) is 2.54. The molecule has 0 amide bonds. The number of esters is 1. The predicted molar refractivity (Wildman–Crippen MR) is 94.8 cm³/mol. The molecule has 0 saturated carbocycles. The van der Waals surface area contributed by atoms with Gasteiger partial charge < -0.3 is 9.47 Å². The third kappa shape index (κ3) is 4.15. The zero-order chi connectivity index (χ0) is 19.8. The maximum absolute atomic E-state index is 12.8. The maximum Gasteiger partial charge on any atom is 0.416 e. The van der Waals surface area contributed by atoms with Crippen molar-refractivity contribution >= 4 is 11.7 Å². The molecule has 1 heterocycles. The van der Waals surface area contributed by atoms with Crippen LogP contribution in [-0.4, -0.2) is 5.97 Å². The molecule has 0 unspecified atom stereocenters. The van der Waals surface area contributed by atoms with Crippen LogP contribution in [0.15, 0.2) is 54.6 Å². The molecular formula is C21H19F3O3. The summed E-state index contributed by atoms with van der Waals surface area (Å²) in [6.07, 6.45) is -3.46. The average molecular weight is 376 g/mol. The summed E-state index contributed by atoms with van der Waals surface area (Å²) < 4.78 is 49.8. The third-order valence-electron chi connectivity index (χ3n) is 4.09. The van der Waals surface area contributed by atoms with E-state index in [2.05, 4.69) is 0 Å². The molecule has 0 spiro atoms. The van der Waals surface area contributed by atoms with Crippen LogP contribution in [-0.2, 0) is 15.7 Å². The van der Waals surface area contributed by atoms with Gasteiger partial charge in [0.15, 0.2) is 0 Å². The molecule has 0 fully saturated rings. The molecule has 1 aliphatic heterocycles. The number of para-hydroxylation sites is 1. The highest BCUT2D eigenvalue weighted by molar-refractivity contribution is 5.83. The van der Waals surface area contributed by atoms with Crippen LogP contribution < -0.4 is 4.74 Å². The minimum Gasteiger partial charge on any atom is -0.481 e. The molecule has 27 heavy (non-hydrogen) atoms. The fourth-order valence-electron chi connectivity index (χ4n) is 2.54. The summed E-state index contributed by atoms with van der Waals surface area (Å²) >= 11 is 0. The van der Waals surface area contributed by atoms with Crippen molar-refractivity contribution in [3.05, 3.63) is 71.3 Å². The number of carbonyl (C=O) groups is 1. The largest absolute Gasteiger partial charge is 0.481 e. The quantitative estimate of drug-likeness (QED) is 0.624. The van der Waals surface area contributed by atoms with Gasteiger partial charge >= 0.3 is 12.1 Å². The van der Waals surface area contributed by atoms with Crippen molar-refractivity contribution in [2.75, 3.05) is 0 Å². The molecule has 6 heteroatoms. The third-order valence-corrected chi connectivity index (χ3v) is 4.09. The van der Waals surface area contributed by atoms with Gasteiger partial charge in [-0.1, -0.05) is 24.3 Å². The number of ether oxygens (including phenoxy) is 2. The van der Waals surface area contributed by atoms with E-state index in [0.717, 1.165) is 12.1 Å². The van der Waals surface area contributed by atoms with Crippen molar-refractivity contribution < 1.29 is 27.4 Å². The molecule has 0 N–H and O–H groups in total. The number of benzene rings is 2. The fraction of sp³-hybridized carbons (Fsp3) is 0.286. The van der Waals surface area contributed by atoms with E-state index in [-0.39, 0.29) is 0 Å². The van der Waals surface area contributed by atoms with E-state index in [1.54, 1.807) is 51.1 Å². The first-order chi connectivity index (χ1) is 12.6. The molecule has 1 aliphatic rings. The highest BCUT2D eigenvalue weighted by Gasteiger charge is 2.32. The van der Waals surface area contributed by atoms with Crippen molar-refractivity contribution in [2.24, 2.45) is 5.41 Å². The SMILES string of the molecule is CC(C)(C)C(=O)OC1=C[C@@H](c2ccc(C(F)(F)F)cc2)Oc2ccccc21. The molecule has 3 rings (SSSR count). The number of carbonyl (C=O) groups excluding carboxylic acids is 1. The van der Waals surface area contributed by atoms with Gasteiger partial charge in [-0.05, 0) is 50.6 Å². The smallest absolute Gasteiger partial charge is 0.416 e. The van der Waals surface area contributed by atoms with Crippen molar-refractivity contribution in [1.82, 2.24) is 0 Å². The lowest BCUT2D eigenvalue weighted by molar-refractivity contribution is -0.145. The summed E-state index contributed by atoms with van der Waals surface area (Å²) in [5, 5.41) is 0. The molecule has 0 aromatic heterocycles. The van der Waals surface area contributed by atoms with Gasteiger partial charge in [-0.3, -0.25) is 4.79 Å². The summed E-state index contributed by atoms with van der Waals surface area (Å²) in [7, 11) is 0. The zero-order valence-corrected chi connectivity index (χ0v) is 15.1. The van der Waals surface area contributed by atoms with E-state index in [0.29, 0.717) is 22.6 Å². The van der Waals surface area contributed by atoms with Gasteiger partial charge in [0.25, 0.3) is 0 Å². The lowest BCUT2D eigenvalue weighted by Gasteiger charge is -2.27. The highest BCUT2D eigenvalue weighted by Crippen LogP contribution is 2.39. The summed E-state index contributed by atoms with van der Waals surface area (Å²) in [6, 6.07) is 11.8. The Morgan fingerprint density at radius 3 is 2.22 bits per heavy atom. The Morgan fingerprint density at radius 2 is 1.63 bits per heavy atom. The van der Waals surface area contributed by atoms with Gasteiger partial charge in [0, 0.05) is 6.08 Å². The minimum absolute atomic E-state index is 0.335. The standard InChI is InChI=1S/C21H19F3O3/c1-20(2,3)19(25)27-18-12-17(26-16-7-5-4-6-15(16)18)13-8-10-14(11-9-13)21(22,23)24/h4-12,17H,1-3H3/t17-/m0/s1. The average Bonchev–Trinajstić information content (AvgIpc) is 2.60. The topological polar surface area (TPSA) is 35.5 Å². The van der Waals surface area contributed by atoms with Gasteiger partial charge in [0.05, 0.1) is 16.5 Å². The van der Waals surface area contributed by atoms with Crippen molar-refractivity contribution in [1.29, 1.82) is 0 Å². The number of halogens is 3. The molecule has 2 aromatic rings. The van der Waals surface area contributed by atoms with Gasteiger partial charge in [0.2, 0.25) is 0 Å². The maximum atomic E-state index is 12.8. The van der Waals surface area contributed by atoms with Gasteiger partial charge in [-0.2, -0.15) is 13.2 Å². The van der Waals surface area contributed by atoms with Crippen LogP contribution >= 0.6 is 0 Å². The minimum atomic E-state index is -4.40. The van der Waals surface area contributed by atoms with Crippen molar-refractivity contribution in [3.63, 3.8) is 0 Å². The second-order valence-corrected chi connectivity index (χ2v) is 7.32. The van der Waals surface area contributed by atoms with E-state index in [1.165, 1.54) is 12.1 Å². The Balaban J connectivity index is 1.95. The Bertz CT molecular complexity index is 875. The molecule has 142 valence electrons. The van der Waals surface area contributed by atoms with E-state index in [9.17, 15) is 18.0 Å². The van der Waals surface area contributed by atoms with Crippen molar-refractivity contribution in [2.45, 2.75) is 33.1 Å². The summed E-state index contributed by atoms with van der Waals surface area (Å²) in [4.78, 5) is 12.3. The predicted octanol–water partition coefficient (Wildman–Crippen LogP) is 5.77. The lowest BCUT2D eigenvalue weighted by Crippen LogP contribution is -2.23. The van der Waals surface area contributed by atoms with Crippen LogP contribution in [0.25, 0.3) is 5.76 Å². The Hall–Kier alpha value is -2.76. The molecule has 0 bridgehead atoms. The highest BCUT2D eigenvalue weighted by atomic mass is 19.4. The van der Waals surface area contributed by atoms with Gasteiger partial charge in [0.1, 0.15) is 17.6 Å². The zero-order valence-electron chi connectivity index (χ0n) is 15.1. The van der Waals surface area contributed by atoms with E-state index < -0.39 is 29.2 Å². The van der Waals surface area contributed by atoms with E-state index in [1.807, 2.05) is 0 Å². The number of rotatable bonds is 2. The van der Waals surface area contributed by atoms with Crippen LogP contribution in [0.4, 0.5) is 13.2 Å². The number of hydrogen-bond acceptors (Lipinski definition) is 3. The molecule has 1 atom stereocenters. The number of alkyl halides is 3. The first-order valence-corrected chi connectivity index (χ1v) is 8.43. The van der Waals surface area contributed by atoms with Crippen LogP contribution in [0.1, 0.15) is 43.6 Å². The van der Waals surface area contributed by atoms with Crippen molar-refractivity contribution in [3.8, 4) is 5.75 Å². The molecular weight excluding hydrogens is 357 g/mol. The van der Waals surface area contributed by atoms with Crippen LogP contribution in [0.2, 0.25) is 0 Å². The van der Waals surface area contributed by atoms with Gasteiger partial charge in [-0.15, -0.1) is 0 Å². The summed E-state index contributed by atoms with van der Waals surface area (Å²) in [6.45, 7) is 5.23. The van der Waals surface area contributed by atoms with Crippen LogP contribution in [0.5, 0.6) is 5.75 Å². The van der Waals surface area contributed by atoms with E-state index >= 15 is 0 Å². The first kappa shape index (κ1) is 19.0. The molecule has 0 saturated heterocycles. The molecule has 0 aliphatic carbocycles. The Labute approximate surface area is 155 Å². The lowest BCUT2D eigenvalue weighted by atomic mass is 9.97. The second kappa shape index (κ2) is 6.76. The molecule has 2 aromatic carbocycles. The monoisotopic (exact) mass is 376 g/mol. The molecule has 3 nitrogen and oxygen atoms in total. The normalized spacial score (nSPS) is 16.8. The Kier molecular flexibility index (Phi) is 4.76. The van der Waals surface area contributed by atoms with Gasteiger partial charge in [-0.25, -0.2) is 0 Å². The number of hydrogen-bond donors (Lipinski definition) is 0. The summed E-state index contributed by atoms with van der Waals surface area (Å²) in [5.41, 5.74) is -0.274. The Morgan fingerprint density at radius 1 is 1.00 bits per heavy atom. The second-order valence-electron chi connectivity index (χ2n) is 7.32. The van der Waals surface area contributed by atoms with E-state index in [4.69, 9.17) is 9.47 Å². The summed E-state index contributed by atoms with van der Waals surface area (Å²) in [5.74, 6) is 0.430.